The molecule has 0 fully saturated rings. The second-order valence-electron chi connectivity index (χ2n) is 4.86. The molecule has 0 spiro atoms. The van der Waals surface area contributed by atoms with Crippen LogP contribution < -0.4 is 5.32 Å². The molecule has 18 heavy (non-hydrogen) atoms. The fourth-order valence-corrected chi connectivity index (χ4v) is 1.95. The maximum absolute atomic E-state index is 11.7. The lowest BCUT2D eigenvalue weighted by molar-refractivity contribution is 0.0636. The van der Waals surface area contributed by atoms with Gasteiger partial charge >= 0.3 is 6.09 Å². The molecule has 0 aliphatic carbocycles. The molecule has 0 bridgehead atoms. The maximum atomic E-state index is 11.7. The van der Waals surface area contributed by atoms with E-state index < -0.39 is 11.7 Å². The number of ether oxygens (including phenoxy) is 1. The zero-order chi connectivity index (χ0) is 13.3. The van der Waals surface area contributed by atoms with Gasteiger partial charge in [-0.05, 0) is 42.8 Å². The summed E-state index contributed by atoms with van der Waals surface area (Å²) in [5.74, 6) is 0. The normalized spacial score (nSPS) is 11.6. The molecule has 2 heterocycles. The van der Waals surface area contributed by atoms with Crippen molar-refractivity contribution < 1.29 is 9.53 Å². The van der Waals surface area contributed by atoms with Crippen LogP contribution >= 0.6 is 15.9 Å². The minimum atomic E-state index is -0.526. The molecule has 0 aliphatic rings. The van der Waals surface area contributed by atoms with Gasteiger partial charge in [0.05, 0.1) is 5.69 Å². The first-order chi connectivity index (χ1) is 8.35. The third-order valence-corrected chi connectivity index (χ3v) is 2.52. The summed E-state index contributed by atoms with van der Waals surface area (Å²) < 4.78 is 7.87. The Kier molecular flexibility index (Phi) is 3.30. The van der Waals surface area contributed by atoms with Crippen LogP contribution in [0.2, 0.25) is 0 Å². The number of anilines is 1. The lowest BCUT2D eigenvalue weighted by Gasteiger charge is -2.19. The fraction of sp³-hybridized carbons (Fsp3) is 0.333. The van der Waals surface area contributed by atoms with E-state index in [0.29, 0.717) is 11.3 Å². The van der Waals surface area contributed by atoms with Crippen LogP contribution in [0.15, 0.2) is 29.1 Å². The van der Waals surface area contributed by atoms with Crippen molar-refractivity contribution in [1.82, 2.24) is 9.38 Å². The number of imidazole rings is 1. The quantitative estimate of drug-likeness (QED) is 0.877. The van der Waals surface area contributed by atoms with E-state index in [0.717, 1.165) is 4.47 Å². The average Bonchev–Trinajstić information content (AvgIpc) is 2.61. The van der Waals surface area contributed by atoms with Gasteiger partial charge in [-0.15, -0.1) is 0 Å². The molecule has 1 amide bonds. The van der Waals surface area contributed by atoms with Gasteiger partial charge in [0, 0.05) is 23.1 Å². The van der Waals surface area contributed by atoms with Crippen LogP contribution in [0.5, 0.6) is 0 Å². The standard InChI is InChI=1S/C12H14BrN3O2/c1-12(2,3)18-11(17)15-9-6-8(13)7-16-5-4-14-10(9)16/h4-7H,1-3H3,(H,15,17). The number of nitrogens with one attached hydrogen (secondary N) is 1. The number of halogens is 1. The number of aromatic nitrogens is 2. The Bertz CT molecular complexity index is 587. The van der Waals surface area contributed by atoms with Gasteiger partial charge < -0.3 is 9.14 Å². The van der Waals surface area contributed by atoms with Crippen LogP contribution in [0.1, 0.15) is 20.8 Å². The predicted octanol–water partition coefficient (Wildman–Crippen LogP) is 3.44. The van der Waals surface area contributed by atoms with Gasteiger partial charge in [-0.3, -0.25) is 5.32 Å². The predicted molar refractivity (Wildman–Crippen MR) is 72.7 cm³/mol. The van der Waals surface area contributed by atoms with Gasteiger partial charge in [-0.1, -0.05) is 0 Å². The summed E-state index contributed by atoms with van der Waals surface area (Å²) >= 11 is 3.38. The molecule has 1 N–H and O–H groups in total. The lowest BCUT2D eigenvalue weighted by atomic mass is 10.2. The lowest BCUT2D eigenvalue weighted by Crippen LogP contribution is -2.27. The van der Waals surface area contributed by atoms with Crippen molar-refractivity contribution in [3.05, 3.63) is 29.1 Å². The van der Waals surface area contributed by atoms with Crippen LogP contribution in [-0.4, -0.2) is 21.1 Å². The van der Waals surface area contributed by atoms with E-state index in [1.54, 1.807) is 18.5 Å². The minimum absolute atomic E-state index is 0.495. The molecule has 2 aromatic heterocycles. The molecular weight excluding hydrogens is 298 g/mol. The molecule has 2 aromatic rings. The van der Waals surface area contributed by atoms with Gasteiger partial charge in [-0.25, -0.2) is 9.78 Å². The van der Waals surface area contributed by atoms with Gasteiger partial charge in [0.25, 0.3) is 0 Å². The Morgan fingerprint density at radius 1 is 1.50 bits per heavy atom. The number of amides is 1. The topological polar surface area (TPSA) is 55.6 Å². The van der Waals surface area contributed by atoms with Crippen molar-refractivity contribution in [1.29, 1.82) is 0 Å². The second kappa shape index (κ2) is 4.61. The molecular formula is C12H14BrN3O2. The van der Waals surface area contributed by atoms with Crippen LogP contribution in [0.4, 0.5) is 10.5 Å². The van der Waals surface area contributed by atoms with Gasteiger partial charge in [0.1, 0.15) is 5.60 Å². The smallest absolute Gasteiger partial charge is 0.412 e. The monoisotopic (exact) mass is 311 g/mol. The van der Waals surface area contributed by atoms with Crippen molar-refractivity contribution >= 4 is 33.4 Å². The molecule has 2 rings (SSSR count). The summed E-state index contributed by atoms with van der Waals surface area (Å²) in [7, 11) is 0. The number of pyridine rings is 1. The van der Waals surface area contributed by atoms with Crippen LogP contribution in [0.25, 0.3) is 5.65 Å². The number of carbonyl (C=O) groups excluding carboxylic acids is 1. The summed E-state index contributed by atoms with van der Waals surface area (Å²) in [5, 5.41) is 2.69. The van der Waals surface area contributed by atoms with Gasteiger partial charge in [0.2, 0.25) is 0 Å². The molecule has 0 aliphatic heterocycles. The van der Waals surface area contributed by atoms with Crippen molar-refractivity contribution in [2.75, 3.05) is 5.32 Å². The molecule has 0 saturated carbocycles. The van der Waals surface area contributed by atoms with Gasteiger partial charge in [0.15, 0.2) is 5.65 Å². The van der Waals surface area contributed by atoms with Crippen molar-refractivity contribution in [3.63, 3.8) is 0 Å². The zero-order valence-corrected chi connectivity index (χ0v) is 12.0. The number of nitrogens with zero attached hydrogens (tertiary/aromatic N) is 2. The Balaban J connectivity index is 2.26. The zero-order valence-electron chi connectivity index (χ0n) is 10.4. The third kappa shape index (κ3) is 3.01. The highest BCUT2D eigenvalue weighted by Crippen LogP contribution is 2.22. The fourth-order valence-electron chi connectivity index (χ4n) is 1.50. The SMILES string of the molecule is CC(C)(C)OC(=O)Nc1cc(Br)cn2ccnc12. The summed E-state index contributed by atoms with van der Waals surface area (Å²) in [4.78, 5) is 15.9. The van der Waals surface area contributed by atoms with E-state index in [2.05, 4.69) is 26.2 Å². The summed E-state index contributed by atoms with van der Waals surface area (Å²) in [6.07, 6.45) is 4.84. The Morgan fingerprint density at radius 2 is 2.22 bits per heavy atom. The van der Waals surface area contributed by atoms with Crippen LogP contribution in [-0.2, 0) is 4.74 Å². The number of hydrogen-bond donors (Lipinski definition) is 1. The minimum Gasteiger partial charge on any atom is -0.444 e. The molecule has 96 valence electrons. The Hall–Kier alpha value is -1.56. The van der Waals surface area contributed by atoms with Crippen molar-refractivity contribution in [2.24, 2.45) is 0 Å². The van der Waals surface area contributed by atoms with Crippen LogP contribution in [0.3, 0.4) is 0 Å². The molecule has 0 atom stereocenters. The Morgan fingerprint density at radius 3 is 2.89 bits per heavy atom. The van der Waals surface area contributed by atoms with Crippen LogP contribution in [0, 0.1) is 0 Å². The largest absolute Gasteiger partial charge is 0.444 e. The van der Waals surface area contributed by atoms with E-state index in [-0.39, 0.29) is 0 Å². The Labute approximate surface area is 113 Å². The molecule has 6 heteroatoms. The highest BCUT2D eigenvalue weighted by atomic mass is 79.9. The molecule has 5 nitrogen and oxygen atoms in total. The number of carbonyl (C=O) groups is 1. The van der Waals surface area contributed by atoms with E-state index >= 15 is 0 Å². The third-order valence-electron chi connectivity index (χ3n) is 2.09. The second-order valence-corrected chi connectivity index (χ2v) is 5.77. The highest BCUT2D eigenvalue weighted by Gasteiger charge is 2.17. The average molecular weight is 312 g/mol. The van der Waals surface area contributed by atoms with Gasteiger partial charge in [-0.2, -0.15) is 0 Å². The molecule has 0 saturated heterocycles. The summed E-state index contributed by atoms with van der Waals surface area (Å²) in [6, 6.07) is 1.78. The molecule has 0 radical (unpaired) electrons. The maximum Gasteiger partial charge on any atom is 0.412 e. The van der Waals surface area contributed by atoms with E-state index in [1.807, 2.05) is 31.4 Å². The first-order valence-electron chi connectivity index (χ1n) is 5.47. The van der Waals surface area contributed by atoms with E-state index in [1.165, 1.54) is 0 Å². The number of rotatable bonds is 1. The first kappa shape index (κ1) is 12.9. The first-order valence-corrected chi connectivity index (χ1v) is 6.27. The van der Waals surface area contributed by atoms with Crippen molar-refractivity contribution in [3.8, 4) is 0 Å². The summed E-state index contributed by atoms with van der Waals surface area (Å²) in [5.41, 5.74) is 0.745. The van der Waals surface area contributed by atoms with E-state index in [9.17, 15) is 4.79 Å². The van der Waals surface area contributed by atoms with Crippen molar-refractivity contribution in [2.45, 2.75) is 26.4 Å². The molecule has 0 unspecified atom stereocenters. The van der Waals surface area contributed by atoms with E-state index in [4.69, 9.17) is 4.74 Å². The molecule has 0 aromatic carbocycles. The highest BCUT2D eigenvalue weighted by molar-refractivity contribution is 9.10. The number of hydrogen-bond acceptors (Lipinski definition) is 3. The summed E-state index contributed by atoms with van der Waals surface area (Å²) in [6.45, 7) is 5.45. The number of fused-ring (bicyclic) bond motifs is 1.